The van der Waals surface area contributed by atoms with Crippen molar-refractivity contribution in [3.8, 4) is 0 Å². The van der Waals surface area contributed by atoms with Gasteiger partial charge in [-0.1, -0.05) is 18.2 Å². The Morgan fingerprint density at radius 1 is 0.941 bits per heavy atom. The molecule has 0 aliphatic carbocycles. The number of carbonyl (C=O) groups excluding carboxylic acids is 2. The van der Waals surface area contributed by atoms with Gasteiger partial charge in [-0.05, 0) is 12.1 Å². The van der Waals surface area contributed by atoms with E-state index in [9.17, 15) is 9.59 Å². The normalized spacial score (nSPS) is 15.8. The summed E-state index contributed by atoms with van der Waals surface area (Å²) in [7, 11) is 0. The van der Waals surface area contributed by atoms with Crippen molar-refractivity contribution in [1.82, 2.24) is 15.5 Å². The summed E-state index contributed by atoms with van der Waals surface area (Å²) in [4.78, 5) is 26.0. The minimum atomic E-state index is -0.670. The SMILES string of the molecule is [NH]C(=O)N1CCN(C(=O)c2ccccc2)CC1. The lowest BCUT2D eigenvalue weighted by atomic mass is 10.2. The Morgan fingerprint density at radius 2 is 1.47 bits per heavy atom. The zero-order valence-electron chi connectivity index (χ0n) is 9.43. The van der Waals surface area contributed by atoms with Gasteiger partial charge in [0, 0.05) is 31.7 Å². The molecule has 1 N–H and O–H groups in total. The van der Waals surface area contributed by atoms with Gasteiger partial charge in [0.2, 0.25) is 0 Å². The van der Waals surface area contributed by atoms with E-state index < -0.39 is 6.03 Å². The van der Waals surface area contributed by atoms with Crippen LogP contribution < -0.4 is 5.73 Å². The van der Waals surface area contributed by atoms with Crippen molar-refractivity contribution in [2.75, 3.05) is 26.2 Å². The van der Waals surface area contributed by atoms with E-state index in [0.29, 0.717) is 31.7 Å². The van der Waals surface area contributed by atoms with Crippen LogP contribution >= 0.6 is 0 Å². The Balaban J connectivity index is 1.98. The van der Waals surface area contributed by atoms with E-state index in [1.807, 2.05) is 18.2 Å². The van der Waals surface area contributed by atoms with Crippen LogP contribution in [-0.4, -0.2) is 47.9 Å². The summed E-state index contributed by atoms with van der Waals surface area (Å²) in [6.07, 6.45) is 0. The number of rotatable bonds is 1. The van der Waals surface area contributed by atoms with Crippen molar-refractivity contribution in [3.05, 3.63) is 35.9 Å². The van der Waals surface area contributed by atoms with Crippen molar-refractivity contribution in [1.29, 1.82) is 0 Å². The standard InChI is InChI=1S/C12H14N3O2/c13-12(17)15-8-6-14(7-9-15)11(16)10-4-2-1-3-5-10/h1-5,13H,6-9H2. The molecule has 1 aliphatic rings. The largest absolute Gasteiger partial charge is 0.336 e. The second-order valence-electron chi connectivity index (χ2n) is 3.95. The second-order valence-corrected chi connectivity index (χ2v) is 3.95. The maximum Gasteiger partial charge on any atom is 0.336 e. The molecular formula is C12H14N3O2. The molecule has 1 aliphatic heterocycles. The summed E-state index contributed by atoms with van der Waals surface area (Å²) in [5.74, 6) is -0.0114. The molecule has 0 spiro atoms. The second kappa shape index (κ2) is 4.86. The van der Waals surface area contributed by atoms with Gasteiger partial charge in [0.15, 0.2) is 0 Å². The van der Waals surface area contributed by atoms with Gasteiger partial charge in [0.25, 0.3) is 5.91 Å². The summed E-state index contributed by atoms with van der Waals surface area (Å²) in [6, 6.07) is 8.42. The predicted molar refractivity (Wildman–Crippen MR) is 62.4 cm³/mol. The number of nitrogens with zero attached hydrogens (tertiary/aromatic N) is 2. The first-order valence-electron chi connectivity index (χ1n) is 5.53. The van der Waals surface area contributed by atoms with Gasteiger partial charge in [0.1, 0.15) is 0 Å². The molecule has 1 aromatic rings. The molecule has 0 atom stereocenters. The molecule has 0 aromatic heterocycles. The van der Waals surface area contributed by atoms with Crippen LogP contribution in [0.3, 0.4) is 0 Å². The quantitative estimate of drug-likeness (QED) is 0.720. The lowest BCUT2D eigenvalue weighted by Gasteiger charge is -2.33. The molecule has 0 unspecified atom stereocenters. The molecule has 1 radical (unpaired) electrons. The van der Waals surface area contributed by atoms with Crippen LogP contribution in [-0.2, 0) is 0 Å². The van der Waals surface area contributed by atoms with E-state index in [4.69, 9.17) is 5.73 Å². The van der Waals surface area contributed by atoms with E-state index in [1.54, 1.807) is 17.0 Å². The highest BCUT2D eigenvalue weighted by molar-refractivity contribution is 5.94. The minimum absolute atomic E-state index is 0.0114. The molecule has 1 aromatic carbocycles. The fourth-order valence-electron chi connectivity index (χ4n) is 1.88. The molecule has 0 saturated carbocycles. The maximum atomic E-state index is 12.1. The Bertz CT molecular complexity index is 411. The van der Waals surface area contributed by atoms with Crippen molar-refractivity contribution in [2.24, 2.45) is 0 Å². The molecule has 17 heavy (non-hydrogen) atoms. The molecule has 5 nitrogen and oxygen atoms in total. The average Bonchev–Trinajstić information content (AvgIpc) is 2.39. The summed E-state index contributed by atoms with van der Waals surface area (Å²) >= 11 is 0. The third-order valence-corrected chi connectivity index (χ3v) is 2.87. The van der Waals surface area contributed by atoms with E-state index in [0.717, 1.165) is 0 Å². The minimum Gasteiger partial charge on any atom is -0.335 e. The third-order valence-electron chi connectivity index (χ3n) is 2.87. The highest BCUT2D eigenvalue weighted by Gasteiger charge is 2.23. The summed E-state index contributed by atoms with van der Waals surface area (Å²) in [5, 5.41) is 0. The number of carbonyl (C=O) groups is 2. The number of hydrogen-bond donors (Lipinski definition) is 0. The van der Waals surface area contributed by atoms with Crippen LogP contribution in [0.25, 0.3) is 0 Å². The number of amides is 3. The van der Waals surface area contributed by atoms with Crippen LogP contribution in [0.2, 0.25) is 0 Å². The summed E-state index contributed by atoms with van der Waals surface area (Å²) < 4.78 is 0. The van der Waals surface area contributed by atoms with Crippen LogP contribution in [0.5, 0.6) is 0 Å². The molecular weight excluding hydrogens is 218 g/mol. The van der Waals surface area contributed by atoms with Gasteiger partial charge in [0.05, 0.1) is 0 Å². The van der Waals surface area contributed by atoms with Crippen LogP contribution in [0.1, 0.15) is 10.4 Å². The lowest BCUT2D eigenvalue weighted by Crippen LogP contribution is -2.50. The summed E-state index contributed by atoms with van der Waals surface area (Å²) in [6.45, 7) is 1.89. The fourth-order valence-corrected chi connectivity index (χ4v) is 1.88. The van der Waals surface area contributed by atoms with Crippen LogP contribution in [0, 0.1) is 0 Å². The van der Waals surface area contributed by atoms with Gasteiger partial charge in [-0.25, -0.2) is 10.5 Å². The molecule has 1 fully saturated rings. The van der Waals surface area contributed by atoms with E-state index in [-0.39, 0.29) is 5.91 Å². The van der Waals surface area contributed by atoms with Crippen LogP contribution in [0.15, 0.2) is 30.3 Å². The zero-order chi connectivity index (χ0) is 12.3. The molecule has 1 heterocycles. The van der Waals surface area contributed by atoms with Gasteiger partial charge in [-0.15, -0.1) is 0 Å². The first kappa shape index (κ1) is 11.4. The Labute approximate surface area is 99.8 Å². The number of benzene rings is 1. The number of piperazine rings is 1. The number of nitrogens with one attached hydrogen (secondary N) is 1. The Kier molecular flexibility index (Phi) is 3.27. The monoisotopic (exact) mass is 232 g/mol. The van der Waals surface area contributed by atoms with E-state index in [2.05, 4.69) is 0 Å². The topological polar surface area (TPSA) is 64.4 Å². The van der Waals surface area contributed by atoms with Crippen molar-refractivity contribution in [2.45, 2.75) is 0 Å². The zero-order valence-corrected chi connectivity index (χ0v) is 9.43. The van der Waals surface area contributed by atoms with Crippen LogP contribution in [0.4, 0.5) is 4.79 Å². The highest BCUT2D eigenvalue weighted by atomic mass is 16.2. The molecule has 2 rings (SSSR count). The third kappa shape index (κ3) is 2.55. The lowest BCUT2D eigenvalue weighted by molar-refractivity contribution is 0.0669. The summed E-state index contributed by atoms with van der Waals surface area (Å²) in [5.41, 5.74) is 7.66. The molecule has 5 heteroatoms. The molecule has 89 valence electrons. The van der Waals surface area contributed by atoms with E-state index in [1.165, 1.54) is 4.90 Å². The predicted octanol–water partition coefficient (Wildman–Crippen LogP) is 0.847. The van der Waals surface area contributed by atoms with Crippen molar-refractivity contribution < 1.29 is 9.59 Å². The molecule has 1 saturated heterocycles. The first-order chi connectivity index (χ1) is 8.18. The van der Waals surface area contributed by atoms with Gasteiger partial charge >= 0.3 is 6.03 Å². The van der Waals surface area contributed by atoms with Gasteiger partial charge < -0.3 is 9.80 Å². The van der Waals surface area contributed by atoms with Crippen molar-refractivity contribution in [3.63, 3.8) is 0 Å². The Hall–Kier alpha value is -2.04. The first-order valence-corrected chi connectivity index (χ1v) is 5.53. The van der Waals surface area contributed by atoms with E-state index >= 15 is 0 Å². The number of urea groups is 1. The average molecular weight is 232 g/mol. The van der Waals surface area contributed by atoms with Crippen molar-refractivity contribution >= 4 is 11.9 Å². The molecule has 0 bridgehead atoms. The smallest absolute Gasteiger partial charge is 0.335 e. The molecule has 3 amide bonds. The highest BCUT2D eigenvalue weighted by Crippen LogP contribution is 2.08. The Morgan fingerprint density at radius 3 is 2.00 bits per heavy atom. The number of hydrogen-bond acceptors (Lipinski definition) is 2. The maximum absolute atomic E-state index is 12.1. The van der Waals surface area contributed by atoms with Gasteiger partial charge in [-0.3, -0.25) is 4.79 Å². The fraction of sp³-hybridized carbons (Fsp3) is 0.333. The van der Waals surface area contributed by atoms with Gasteiger partial charge in [-0.2, -0.15) is 0 Å².